The number of hydrogen-bond acceptors (Lipinski definition) is 1. The van der Waals surface area contributed by atoms with E-state index >= 15 is 0 Å². The lowest BCUT2D eigenvalue weighted by molar-refractivity contribution is -0.121. The summed E-state index contributed by atoms with van der Waals surface area (Å²) >= 11 is 0. The Kier molecular flexibility index (Phi) is 3.52. The summed E-state index contributed by atoms with van der Waals surface area (Å²) in [5, 5.41) is 0. The minimum absolute atomic E-state index is 0.478. The zero-order valence-corrected chi connectivity index (χ0v) is 9.23. The molecule has 0 amide bonds. The van der Waals surface area contributed by atoms with Crippen LogP contribution >= 0.6 is 0 Å². The Balaban J connectivity index is 2.55. The van der Waals surface area contributed by atoms with Gasteiger partial charge in [-0.2, -0.15) is 0 Å². The normalized spacial score (nSPS) is 20.7. The predicted molar refractivity (Wildman–Crippen MR) is 55.7 cm³/mol. The first kappa shape index (κ1) is 10.7. The fourth-order valence-corrected chi connectivity index (χ4v) is 2.46. The van der Waals surface area contributed by atoms with Crippen LogP contribution in [0, 0.1) is 11.3 Å². The van der Waals surface area contributed by atoms with Gasteiger partial charge < -0.3 is 0 Å². The molecule has 76 valence electrons. The van der Waals surface area contributed by atoms with E-state index in [9.17, 15) is 4.79 Å². The van der Waals surface area contributed by atoms with Crippen molar-refractivity contribution in [3.05, 3.63) is 0 Å². The largest absolute Gasteiger partial charge is 0.300 e. The Labute approximate surface area is 81.9 Å². The molecule has 1 nitrogen and oxygen atoms in total. The summed E-state index contributed by atoms with van der Waals surface area (Å²) in [4.78, 5) is 11.1. The Morgan fingerprint density at radius 3 is 2.08 bits per heavy atom. The molecule has 0 aromatic heterocycles. The Hall–Kier alpha value is -0.330. The number of rotatable bonds is 3. The van der Waals surface area contributed by atoms with E-state index < -0.39 is 0 Å². The van der Waals surface area contributed by atoms with Gasteiger partial charge in [0.1, 0.15) is 5.78 Å². The van der Waals surface area contributed by atoms with Crippen molar-refractivity contribution in [2.75, 3.05) is 0 Å². The first-order valence-corrected chi connectivity index (χ1v) is 5.64. The van der Waals surface area contributed by atoms with Crippen molar-refractivity contribution in [2.24, 2.45) is 11.3 Å². The summed E-state index contributed by atoms with van der Waals surface area (Å²) in [5.74, 6) is 1.27. The van der Waals surface area contributed by atoms with E-state index in [1.807, 2.05) is 0 Å². The first-order valence-electron chi connectivity index (χ1n) is 5.64. The van der Waals surface area contributed by atoms with Crippen LogP contribution in [0.15, 0.2) is 0 Å². The van der Waals surface area contributed by atoms with E-state index in [2.05, 4.69) is 20.8 Å². The third-order valence-corrected chi connectivity index (χ3v) is 4.14. The molecule has 1 aliphatic carbocycles. The molecule has 0 unspecified atom stereocenters. The second-order valence-corrected chi connectivity index (χ2v) is 4.67. The molecule has 1 saturated carbocycles. The third-order valence-electron chi connectivity index (χ3n) is 4.14. The maximum atomic E-state index is 11.1. The monoisotopic (exact) mass is 182 g/mol. The van der Waals surface area contributed by atoms with Gasteiger partial charge in [0.15, 0.2) is 0 Å². The molecule has 13 heavy (non-hydrogen) atoms. The second kappa shape index (κ2) is 4.26. The molecule has 0 spiro atoms. The van der Waals surface area contributed by atoms with Crippen LogP contribution < -0.4 is 0 Å². The van der Waals surface area contributed by atoms with Crippen molar-refractivity contribution >= 4 is 5.78 Å². The van der Waals surface area contributed by atoms with Crippen LogP contribution in [0.5, 0.6) is 0 Å². The maximum Gasteiger partial charge on any atom is 0.132 e. The van der Waals surface area contributed by atoms with Crippen molar-refractivity contribution in [1.82, 2.24) is 0 Å². The van der Waals surface area contributed by atoms with Gasteiger partial charge in [0.05, 0.1) is 0 Å². The highest BCUT2D eigenvalue weighted by molar-refractivity contribution is 5.79. The smallest absolute Gasteiger partial charge is 0.132 e. The minimum atomic E-state index is 0.478. The predicted octanol–water partition coefficient (Wildman–Crippen LogP) is 3.57. The van der Waals surface area contributed by atoms with Crippen molar-refractivity contribution in [3.63, 3.8) is 0 Å². The van der Waals surface area contributed by atoms with E-state index in [4.69, 9.17) is 0 Å². The maximum absolute atomic E-state index is 11.1. The number of carbonyl (C=O) groups excluding carboxylic acids is 1. The van der Waals surface area contributed by atoms with Crippen molar-refractivity contribution in [3.8, 4) is 0 Å². The fraction of sp³-hybridized carbons (Fsp3) is 0.917. The van der Waals surface area contributed by atoms with Crippen molar-refractivity contribution in [1.29, 1.82) is 0 Å². The lowest BCUT2D eigenvalue weighted by atomic mass is 9.67. The second-order valence-electron chi connectivity index (χ2n) is 4.67. The van der Waals surface area contributed by atoms with Gasteiger partial charge in [-0.25, -0.2) is 0 Å². The molecule has 0 saturated heterocycles. The molecule has 1 aliphatic rings. The molecule has 0 N–H and O–H groups in total. The van der Waals surface area contributed by atoms with Crippen LogP contribution in [0.2, 0.25) is 0 Å². The molecule has 0 atom stereocenters. The Morgan fingerprint density at radius 1 is 1.23 bits per heavy atom. The molecule has 0 aliphatic heterocycles. The molecule has 1 heteroatoms. The van der Waals surface area contributed by atoms with Crippen LogP contribution in [-0.4, -0.2) is 5.78 Å². The summed E-state index contributed by atoms with van der Waals surface area (Å²) < 4.78 is 0. The zero-order valence-electron chi connectivity index (χ0n) is 9.23. The minimum Gasteiger partial charge on any atom is -0.300 e. The van der Waals surface area contributed by atoms with Gasteiger partial charge in [0.2, 0.25) is 0 Å². The SMILES string of the molecule is CCC(C)(CC)C1CCC(=O)CC1. The van der Waals surface area contributed by atoms with Crippen LogP contribution in [0.1, 0.15) is 59.3 Å². The topological polar surface area (TPSA) is 17.1 Å². The molecule has 0 radical (unpaired) electrons. The molecular formula is C12H22O. The quantitative estimate of drug-likeness (QED) is 0.652. The van der Waals surface area contributed by atoms with Crippen molar-refractivity contribution < 1.29 is 4.79 Å². The molecule has 0 aromatic rings. The number of hydrogen-bond donors (Lipinski definition) is 0. The van der Waals surface area contributed by atoms with Crippen LogP contribution in [0.4, 0.5) is 0 Å². The molecule has 1 rings (SSSR count). The number of ketones is 1. The average Bonchev–Trinajstić information content (AvgIpc) is 2.18. The van der Waals surface area contributed by atoms with E-state index in [1.165, 1.54) is 12.8 Å². The highest BCUT2D eigenvalue weighted by Crippen LogP contribution is 2.42. The summed E-state index contributed by atoms with van der Waals surface area (Å²) in [6.45, 7) is 6.94. The lowest BCUT2D eigenvalue weighted by Crippen LogP contribution is -2.30. The lowest BCUT2D eigenvalue weighted by Gasteiger charge is -2.38. The molecule has 0 heterocycles. The van der Waals surface area contributed by atoms with Crippen LogP contribution in [0.3, 0.4) is 0 Å². The highest BCUT2D eigenvalue weighted by Gasteiger charge is 2.33. The van der Waals surface area contributed by atoms with E-state index in [-0.39, 0.29) is 0 Å². The molecule has 1 fully saturated rings. The van der Waals surface area contributed by atoms with Crippen LogP contribution in [0.25, 0.3) is 0 Å². The number of carbonyl (C=O) groups is 1. The van der Waals surface area contributed by atoms with Gasteiger partial charge in [-0.3, -0.25) is 4.79 Å². The molecule has 0 aromatic carbocycles. The van der Waals surface area contributed by atoms with E-state index in [1.54, 1.807) is 0 Å². The first-order chi connectivity index (χ1) is 6.12. The summed E-state index contributed by atoms with van der Waals surface area (Å²) in [7, 11) is 0. The molecule has 0 bridgehead atoms. The fourth-order valence-electron chi connectivity index (χ4n) is 2.46. The highest BCUT2D eigenvalue weighted by atomic mass is 16.1. The van der Waals surface area contributed by atoms with Crippen LogP contribution in [-0.2, 0) is 4.79 Å². The van der Waals surface area contributed by atoms with Gasteiger partial charge in [-0.1, -0.05) is 33.6 Å². The average molecular weight is 182 g/mol. The number of Topliss-reactive ketones (excluding diaryl/α,β-unsaturated/α-hetero) is 1. The Bertz CT molecular complexity index is 170. The van der Waals surface area contributed by atoms with E-state index in [0.29, 0.717) is 11.2 Å². The molecular weight excluding hydrogens is 160 g/mol. The third kappa shape index (κ3) is 2.32. The van der Waals surface area contributed by atoms with Gasteiger partial charge in [0, 0.05) is 12.8 Å². The summed E-state index contributed by atoms with van der Waals surface area (Å²) in [5.41, 5.74) is 0.487. The summed E-state index contributed by atoms with van der Waals surface area (Å²) in [6.07, 6.45) is 6.44. The van der Waals surface area contributed by atoms with Gasteiger partial charge >= 0.3 is 0 Å². The zero-order chi connectivity index (χ0) is 9.90. The van der Waals surface area contributed by atoms with Gasteiger partial charge in [-0.15, -0.1) is 0 Å². The van der Waals surface area contributed by atoms with Gasteiger partial charge in [0.25, 0.3) is 0 Å². The summed E-state index contributed by atoms with van der Waals surface area (Å²) in [6, 6.07) is 0. The Morgan fingerprint density at radius 2 is 1.69 bits per heavy atom. The standard InChI is InChI=1S/C12H22O/c1-4-12(3,5-2)10-6-8-11(13)9-7-10/h10H,4-9H2,1-3H3. The van der Waals surface area contributed by atoms with E-state index in [0.717, 1.165) is 31.6 Å². The van der Waals surface area contributed by atoms with Gasteiger partial charge in [-0.05, 0) is 24.2 Å². The van der Waals surface area contributed by atoms with Crippen molar-refractivity contribution in [2.45, 2.75) is 59.3 Å².